The van der Waals surface area contributed by atoms with Crippen LogP contribution in [0.4, 0.5) is 0 Å². The van der Waals surface area contributed by atoms with Crippen molar-refractivity contribution >= 4 is 17.2 Å². The molecule has 18 heavy (non-hydrogen) atoms. The minimum absolute atomic E-state index is 0.0404. The lowest BCUT2D eigenvalue weighted by Gasteiger charge is -2.03. The van der Waals surface area contributed by atoms with E-state index >= 15 is 0 Å². The summed E-state index contributed by atoms with van der Waals surface area (Å²) in [5.41, 5.74) is 2.78. The van der Waals surface area contributed by atoms with Crippen LogP contribution in [0, 0.1) is 6.92 Å². The molecule has 96 valence electrons. The predicted molar refractivity (Wildman–Crippen MR) is 72.8 cm³/mol. The maximum Gasteiger partial charge on any atom is 0.253 e. The maximum atomic E-state index is 12.0. The van der Waals surface area contributed by atoms with Crippen LogP contribution >= 0.6 is 11.3 Å². The molecule has 2 heterocycles. The number of nitrogens with zero attached hydrogens (tertiary/aromatic N) is 2. The average molecular weight is 263 g/mol. The standard InChI is InChI=1S/C13H17N3OS/c1-4-10-8-18-12(15-10)7-14-13(17)11-5-6-16(3)9(11)2/h5-6,8H,4,7H2,1-3H3,(H,14,17). The second-order valence-corrected chi connectivity index (χ2v) is 5.14. The molecule has 0 fully saturated rings. The van der Waals surface area contributed by atoms with E-state index in [1.54, 1.807) is 11.3 Å². The molecule has 2 aromatic rings. The average Bonchev–Trinajstić information content (AvgIpc) is 2.95. The summed E-state index contributed by atoms with van der Waals surface area (Å²) >= 11 is 1.59. The molecule has 0 radical (unpaired) electrons. The fourth-order valence-corrected chi connectivity index (χ4v) is 2.51. The topological polar surface area (TPSA) is 46.9 Å². The van der Waals surface area contributed by atoms with Gasteiger partial charge in [-0.05, 0) is 19.4 Å². The summed E-state index contributed by atoms with van der Waals surface area (Å²) in [6, 6.07) is 1.84. The molecule has 4 nitrogen and oxygen atoms in total. The Balaban J connectivity index is 1.98. The Bertz CT molecular complexity index is 556. The van der Waals surface area contributed by atoms with Gasteiger partial charge < -0.3 is 9.88 Å². The fourth-order valence-electron chi connectivity index (χ4n) is 1.69. The summed E-state index contributed by atoms with van der Waals surface area (Å²) < 4.78 is 1.94. The van der Waals surface area contributed by atoms with Crippen LogP contribution in [-0.2, 0) is 20.0 Å². The van der Waals surface area contributed by atoms with Crippen molar-refractivity contribution in [3.8, 4) is 0 Å². The second-order valence-electron chi connectivity index (χ2n) is 4.19. The van der Waals surface area contributed by atoms with Gasteiger partial charge in [0.05, 0.1) is 17.8 Å². The van der Waals surface area contributed by atoms with Gasteiger partial charge in [0.25, 0.3) is 5.91 Å². The van der Waals surface area contributed by atoms with Crippen LogP contribution in [0.2, 0.25) is 0 Å². The smallest absolute Gasteiger partial charge is 0.253 e. The van der Waals surface area contributed by atoms with Gasteiger partial charge in [0.2, 0.25) is 0 Å². The minimum atomic E-state index is -0.0404. The number of amides is 1. The molecule has 1 N–H and O–H groups in total. The van der Waals surface area contributed by atoms with Gasteiger partial charge in [-0.1, -0.05) is 6.92 Å². The Morgan fingerprint density at radius 1 is 1.56 bits per heavy atom. The van der Waals surface area contributed by atoms with Gasteiger partial charge in [-0.15, -0.1) is 11.3 Å². The molecule has 0 aliphatic carbocycles. The SMILES string of the molecule is CCc1csc(CNC(=O)c2ccn(C)c2C)n1. The quantitative estimate of drug-likeness (QED) is 0.920. The monoisotopic (exact) mass is 263 g/mol. The third-order valence-corrected chi connectivity index (χ3v) is 3.89. The van der Waals surface area contributed by atoms with E-state index in [4.69, 9.17) is 0 Å². The number of carbonyl (C=O) groups excluding carboxylic acids is 1. The molecule has 2 rings (SSSR count). The fraction of sp³-hybridized carbons (Fsp3) is 0.385. The Morgan fingerprint density at radius 3 is 2.89 bits per heavy atom. The van der Waals surface area contributed by atoms with E-state index in [-0.39, 0.29) is 5.91 Å². The van der Waals surface area contributed by atoms with E-state index in [0.29, 0.717) is 6.54 Å². The molecule has 1 amide bonds. The Kier molecular flexibility index (Phi) is 3.81. The van der Waals surface area contributed by atoms with Gasteiger partial charge in [0.1, 0.15) is 5.01 Å². The molecule has 0 aromatic carbocycles. The molecule has 0 unspecified atom stereocenters. The van der Waals surface area contributed by atoms with Crippen LogP contribution in [-0.4, -0.2) is 15.5 Å². The van der Waals surface area contributed by atoms with Crippen LogP contribution in [0.3, 0.4) is 0 Å². The summed E-state index contributed by atoms with van der Waals surface area (Å²) in [5.74, 6) is -0.0404. The number of nitrogens with one attached hydrogen (secondary N) is 1. The number of thiazole rings is 1. The van der Waals surface area contributed by atoms with Crippen molar-refractivity contribution in [2.75, 3.05) is 0 Å². The third-order valence-electron chi connectivity index (χ3n) is 2.99. The Hall–Kier alpha value is -1.62. The lowest BCUT2D eigenvalue weighted by molar-refractivity contribution is 0.0950. The first-order chi connectivity index (χ1) is 8.61. The lowest BCUT2D eigenvalue weighted by atomic mass is 10.2. The zero-order chi connectivity index (χ0) is 13.1. The number of aryl methyl sites for hydroxylation is 2. The first-order valence-electron chi connectivity index (χ1n) is 5.95. The van der Waals surface area contributed by atoms with Crippen molar-refractivity contribution in [1.82, 2.24) is 14.9 Å². The number of aromatic nitrogens is 2. The van der Waals surface area contributed by atoms with Gasteiger partial charge in [-0.25, -0.2) is 4.98 Å². The van der Waals surface area contributed by atoms with Crippen LogP contribution < -0.4 is 5.32 Å². The van der Waals surface area contributed by atoms with E-state index in [0.717, 1.165) is 28.4 Å². The first kappa shape index (κ1) is 12.8. The third kappa shape index (κ3) is 2.61. The Labute approximate surface area is 111 Å². The lowest BCUT2D eigenvalue weighted by Crippen LogP contribution is -2.23. The highest BCUT2D eigenvalue weighted by Crippen LogP contribution is 2.11. The molecule has 0 aliphatic rings. The highest BCUT2D eigenvalue weighted by molar-refractivity contribution is 7.09. The second kappa shape index (κ2) is 5.35. The molecule has 0 saturated heterocycles. The zero-order valence-electron chi connectivity index (χ0n) is 10.9. The van der Waals surface area contributed by atoms with Crippen molar-refractivity contribution in [2.24, 2.45) is 7.05 Å². The number of hydrogen-bond donors (Lipinski definition) is 1. The van der Waals surface area contributed by atoms with Crippen LogP contribution in [0.25, 0.3) is 0 Å². The van der Waals surface area contributed by atoms with Gasteiger partial charge in [-0.2, -0.15) is 0 Å². The van der Waals surface area contributed by atoms with Crippen molar-refractivity contribution in [1.29, 1.82) is 0 Å². The van der Waals surface area contributed by atoms with E-state index < -0.39 is 0 Å². The first-order valence-corrected chi connectivity index (χ1v) is 6.83. The summed E-state index contributed by atoms with van der Waals surface area (Å²) in [6.07, 6.45) is 2.82. The summed E-state index contributed by atoms with van der Waals surface area (Å²) in [4.78, 5) is 16.4. The molecular formula is C13H17N3OS. The van der Waals surface area contributed by atoms with Crippen LogP contribution in [0.5, 0.6) is 0 Å². The molecule has 0 aliphatic heterocycles. The van der Waals surface area contributed by atoms with Gasteiger partial charge in [0.15, 0.2) is 0 Å². The highest BCUT2D eigenvalue weighted by Gasteiger charge is 2.11. The minimum Gasteiger partial charge on any atom is -0.354 e. The summed E-state index contributed by atoms with van der Waals surface area (Å²) in [7, 11) is 1.93. The predicted octanol–water partition coefficient (Wildman–Crippen LogP) is 2.28. The van der Waals surface area contributed by atoms with Crippen LogP contribution in [0.1, 0.15) is 33.7 Å². The molecule has 0 spiro atoms. The van der Waals surface area contributed by atoms with Gasteiger partial charge in [-0.3, -0.25) is 4.79 Å². The normalized spacial score (nSPS) is 10.6. The number of carbonyl (C=O) groups is 1. The maximum absolute atomic E-state index is 12.0. The highest BCUT2D eigenvalue weighted by atomic mass is 32.1. The molecule has 0 saturated carbocycles. The largest absolute Gasteiger partial charge is 0.354 e. The molecule has 5 heteroatoms. The number of hydrogen-bond acceptors (Lipinski definition) is 3. The molecule has 0 bridgehead atoms. The summed E-state index contributed by atoms with van der Waals surface area (Å²) in [5, 5.41) is 5.89. The molecule has 0 atom stereocenters. The van der Waals surface area contributed by atoms with E-state index in [2.05, 4.69) is 17.2 Å². The van der Waals surface area contributed by atoms with Crippen molar-refractivity contribution in [2.45, 2.75) is 26.8 Å². The molecular weight excluding hydrogens is 246 g/mol. The van der Waals surface area contributed by atoms with E-state index in [1.165, 1.54) is 0 Å². The summed E-state index contributed by atoms with van der Waals surface area (Å²) in [6.45, 7) is 4.51. The number of rotatable bonds is 4. The van der Waals surface area contributed by atoms with Crippen molar-refractivity contribution < 1.29 is 4.79 Å². The van der Waals surface area contributed by atoms with Crippen molar-refractivity contribution in [3.05, 3.63) is 39.6 Å². The van der Waals surface area contributed by atoms with Gasteiger partial charge >= 0.3 is 0 Å². The zero-order valence-corrected chi connectivity index (χ0v) is 11.7. The van der Waals surface area contributed by atoms with Crippen molar-refractivity contribution in [3.63, 3.8) is 0 Å². The van der Waals surface area contributed by atoms with E-state index in [9.17, 15) is 4.79 Å². The Morgan fingerprint density at radius 2 is 2.33 bits per heavy atom. The van der Waals surface area contributed by atoms with Crippen LogP contribution in [0.15, 0.2) is 17.6 Å². The van der Waals surface area contributed by atoms with E-state index in [1.807, 2.05) is 36.2 Å². The molecule has 2 aromatic heterocycles. The van der Waals surface area contributed by atoms with Gasteiger partial charge in [0, 0.05) is 24.3 Å².